The molecule has 160 valence electrons. The summed E-state index contributed by atoms with van der Waals surface area (Å²) in [5.74, 6) is -0.282. The number of carbonyl (C=O) groups is 2. The van der Waals surface area contributed by atoms with Crippen molar-refractivity contribution in [1.29, 1.82) is 0 Å². The maximum Gasteiger partial charge on any atom is 0.338 e. The molecule has 0 atom stereocenters. The third kappa shape index (κ3) is 6.04. The lowest BCUT2D eigenvalue weighted by Gasteiger charge is -2.13. The summed E-state index contributed by atoms with van der Waals surface area (Å²) in [5, 5.41) is 11.0. The minimum atomic E-state index is -0.703. The van der Waals surface area contributed by atoms with Crippen LogP contribution in [0.4, 0.5) is 5.69 Å². The molecule has 0 aromatic heterocycles. The van der Waals surface area contributed by atoms with Gasteiger partial charge in [-0.25, -0.2) is 4.79 Å². The molecular formula is C22H25NO7. The second kappa shape index (κ2) is 10.9. The van der Waals surface area contributed by atoms with E-state index in [1.165, 1.54) is 30.3 Å². The SMILES string of the molecule is CCCCOc1ccc(C(=O)OCC(=O)c2ccc(C)c([N+](=O)[O-])c2)cc1OCC. The van der Waals surface area contributed by atoms with E-state index in [9.17, 15) is 19.7 Å². The number of nitrogens with zero attached hydrogens (tertiary/aromatic N) is 1. The third-order valence-corrected chi connectivity index (χ3v) is 4.30. The summed E-state index contributed by atoms with van der Waals surface area (Å²) in [6.07, 6.45) is 1.89. The monoisotopic (exact) mass is 415 g/mol. The van der Waals surface area contributed by atoms with Gasteiger partial charge in [0.15, 0.2) is 18.1 Å². The van der Waals surface area contributed by atoms with E-state index >= 15 is 0 Å². The van der Waals surface area contributed by atoms with Gasteiger partial charge in [-0.3, -0.25) is 14.9 Å². The maximum atomic E-state index is 12.4. The number of nitro groups is 1. The van der Waals surface area contributed by atoms with Gasteiger partial charge < -0.3 is 14.2 Å². The molecule has 0 N–H and O–H groups in total. The number of Topliss-reactive ketones (excluding diaryl/α,β-unsaturated/α-hetero) is 1. The van der Waals surface area contributed by atoms with E-state index in [1.54, 1.807) is 13.0 Å². The first-order chi connectivity index (χ1) is 14.4. The Labute approximate surface area is 174 Å². The van der Waals surface area contributed by atoms with Crippen LogP contribution in [0.3, 0.4) is 0 Å². The molecule has 0 unspecified atom stereocenters. The van der Waals surface area contributed by atoms with Crippen LogP contribution >= 0.6 is 0 Å². The number of hydrogen-bond acceptors (Lipinski definition) is 7. The number of ether oxygens (including phenoxy) is 3. The lowest BCUT2D eigenvalue weighted by molar-refractivity contribution is -0.385. The van der Waals surface area contributed by atoms with Gasteiger partial charge in [0, 0.05) is 17.2 Å². The molecule has 8 nitrogen and oxygen atoms in total. The molecule has 0 aliphatic heterocycles. The minimum absolute atomic E-state index is 0.106. The Morgan fingerprint density at radius 2 is 1.73 bits per heavy atom. The summed E-state index contributed by atoms with van der Waals surface area (Å²) >= 11 is 0. The molecule has 0 aliphatic rings. The number of ketones is 1. The first kappa shape index (κ1) is 22.9. The zero-order chi connectivity index (χ0) is 22.1. The molecular weight excluding hydrogens is 390 g/mol. The van der Waals surface area contributed by atoms with Gasteiger partial charge in [0.1, 0.15) is 0 Å². The van der Waals surface area contributed by atoms with Gasteiger partial charge in [-0.05, 0) is 38.5 Å². The summed E-state index contributed by atoms with van der Waals surface area (Å²) in [6.45, 7) is 5.86. The Morgan fingerprint density at radius 3 is 2.40 bits per heavy atom. The van der Waals surface area contributed by atoms with Crippen LogP contribution in [-0.4, -0.2) is 36.5 Å². The van der Waals surface area contributed by atoms with Gasteiger partial charge >= 0.3 is 5.97 Å². The van der Waals surface area contributed by atoms with Crippen LogP contribution < -0.4 is 9.47 Å². The van der Waals surface area contributed by atoms with Crippen molar-refractivity contribution in [3.05, 3.63) is 63.2 Å². The van der Waals surface area contributed by atoms with Crippen molar-refractivity contribution in [2.45, 2.75) is 33.6 Å². The van der Waals surface area contributed by atoms with Crippen LogP contribution in [0.25, 0.3) is 0 Å². The molecule has 2 aromatic carbocycles. The van der Waals surface area contributed by atoms with Gasteiger partial charge in [0.05, 0.1) is 23.7 Å². The fraction of sp³-hybridized carbons (Fsp3) is 0.364. The second-order valence-corrected chi connectivity index (χ2v) is 6.55. The predicted molar refractivity (Wildman–Crippen MR) is 110 cm³/mol. The van der Waals surface area contributed by atoms with Crippen LogP contribution in [0, 0.1) is 17.0 Å². The number of unbranched alkanes of at least 4 members (excludes halogenated alkanes) is 1. The van der Waals surface area contributed by atoms with Crippen molar-refractivity contribution in [3.63, 3.8) is 0 Å². The van der Waals surface area contributed by atoms with Crippen LogP contribution in [0.5, 0.6) is 11.5 Å². The number of aryl methyl sites for hydroxylation is 1. The Balaban J connectivity index is 2.06. The number of hydrogen-bond donors (Lipinski definition) is 0. The zero-order valence-corrected chi connectivity index (χ0v) is 17.3. The maximum absolute atomic E-state index is 12.4. The van der Waals surface area contributed by atoms with Gasteiger partial charge in [-0.2, -0.15) is 0 Å². The summed E-state index contributed by atoms with van der Waals surface area (Å²) in [7, 11) is 0. The summed E-state index contributed by atoms with van der Waals surface area (Å²) < 4.78 is 16.3. The Bertz CT molecular complexity index is 924. The lowest BCUT2D eigenvalue weighted by Crippen LogP contribution is -2.15. The summed E-state index contributed by atoms with van der Waals surface area (Å²) in [6, 6.07) is 8.80. The lowest BCUT2D eigenvalue weighted by atomic mass is 10.1. The zero-order valence-electron chi connectivity index (χ0n) is 17.3. The molecule has 0 radical (unpaired) electrons. The van der Waals surface area contributed by atoms with E-state index in [0.29, 0.717) is 30.3 Å². The van der Waals surface area contributed by atoms with Gasteiger partial charge in [-0.1, -0.05) is 25.5 Å². The molecule has 0 spiro atoms. The Morgan fingerprint density at radius 1 is 1.00 bits per heavy atom. The van der Waals surface area contributed by atoms with Crippen molar-refractivity contribution in [2.75, 3.05) is 19.8 Å². The molecule has 0 bridgehead atoms. The molecule has 0 saturated heterocycles. The van der Waals surface area contributed by atoms with Crippen molar-refractivity contribution in [2.24, 2.45) is 0 Å². The van der Waals surface area contributed by atoms with E-state index in [1.807, 2.05) is 6.92 Å². The average Bonchev–Trinajstić information content (AvgIpc) is 2.73. The molecule has 2 rings (SSSR count). The summed E-state index contributed by atoms with van der Waals surface area (Å²) in [5.41, 5.74) is 0.601. The van der Waals surface area contributed by atoms with Crippen molar-refractivity contribution in [1.82, 2.24) is 0 Å². The Hall–Kier alpha value is -3.42. The molecule has 0 amide bonds. The summed E-state index contributed by atoms with van der Waals surface area (Å²) in [4.78, 5) is 35.1. The third-order valence-electron chi connectivity index (χ3n) is 4.30. The fourth-order valence-corrected chi connectivity index (χ4v) is 2.63. The molecule has 2 aromatic rings. The molecule has 8 heteroatoms. The van der Waals surface area contributed by atoms with Crippen LogP contribution in [0.1, 0.15) is 53.0 Å². The first-order valence-corrected chi connectivity index (χ1v) is 9.72. The van der Waals surface area contributed by atoms with E-state index in [0.717, 1.165) is 12.8 Å². The van der Waals surface area contributed by atoms with Crippen LogP contribution in [0.2, 0.25) is 0 Å². The number of esters is 1. The highest BCUT2D eigenvalue weighted by molar-refractivity contribution is 6.00. The molecule has 0 saturated carbocycles. The van der Waals surface area contributed by atoms with E-state index in [4.69, 9.17) is 14.2 Å². The van der Waals surface area contributed by atoms with E-state index < -0.39 is 23.3 Å². The number of rotatable bonds is 11. The fourth-order valence-electron chi connectivity index (χ4n) is 2.63. The highest BCUT2D eigenvalue weighted by Gasteiger charge is 2.18. The van der Waals surface area contributed by atoms with Crippen molar-refractivity contribution >= 4 is 17.4 Å². The van der Waals surface area contributed by atoms with Crippen molar-refractivity contribution in [3.8, 4) is 11.5 Å². The van der Waals surface area contributed by atoms with Gasteiger partial charge in [-0.15, -0.1) is 0 Å². The molecule has 0 heterocycles. The van der Waals surface area contributed by atoms with E-state index in [-0.39, 0.29) is 16.8 Å². The second-order valence-electron chi connectivity index (χ2n) is 6.55. The van der Waals surface area contributed by atoms with Gasteiger partial charge in [0.25, 0.3) is 5.69 Å². The number of benzene rings is 2. The first-order valence-electron chi connectivity index (χ1n) is 9.72. The van der Waals surface area contributed by atoms with Crippen LogP contribution in [-0.2, 0) is 4.74 Å². The standard InChI is InChI=1S/C22H25NO7/c1-4-6-11-29-20-10-9-17(13-21(20)28-5-2)22(25)30-14-19(24)16-8-7-15(3)18(12-16)23(26)27/h7-10,12-13H,4-6,11,14H2,1-3H3. The largest absolute Gasteiger partial charge is 0.490 e. The smallest absolute Gasteiger partial charge is 0.338 e. The predicted octanol–water partition coefficient (Wildman–Crippen LogP) is 4.52. The molecule has 0 aliphatic carbocycles. The van der Waals surface area contributed by atoms with Crippen LogP contribution in [0.15, 0.2) is 36.4 Å². The highest BCUT2D eigenvalue weighted by atomic mass is 16.6. The average molecular weight is 415 g/mol. The quantitative estimate of drug-likeness (QED) is 0.175. The molecule has 30 heavy (non-hydrogen) atoms. The van der Waals surface area contributed by atoms with E-state index in [2.05, 4.69) is 6.92 Å². The Kier molecular flexibility index (Phi) is 8.34. The minimum Gasteiger partial charge on any atom is -0.490 e. The normalized spacial score (nSPS) is 10.4. The van der Waals surface area contributed by atoms with Crippen molar-refractivity contribution < 1.29 is 28.7 Å². The number of carbonyl (C=O) groups excluding carboxylic acids is 2. The topological polar surface area (TPSA) is 105 Å². The molecule has 0 fully saturated rings. The highest BCUT2D eigenvalue weighted by Crippen LogP contribution is 2.29. The van der Waals surface area contributed by atoms with Gasteiger partial charge in [0.2, 0.25) is 5.78 Å². The number of nitro benzene ring substituents is 1.